The van der Waals surface area contributed by atoms with Crippen LogP contribution in [-0.4, -0.2) is 37.2 Å². The van der Waals surface area contributed by atoms with Gasteiger partial charge in [0.2, 0.25) is 0 Å². The third-order valence-corrected chi connectivity index (χ3v) is 12.7. The lowest BCUT2D eigenvalue weighted by Crippen LogP contribution is -2.30. The fourth-order valence-electron chi connectivity index (χ4n) is 8.12. The van der Waals surface area contributed by atoms with Crippen LogP contribution in [0.4, 0.5) is 0 Å². The second kappa shape index (κ2) is 61.4. The number of carbonyl (C=O) groups excluding carboxylic acids is 3. The Morgan fingerprint density at radius 2 is 0.554 bits per heavy atom. The van der Waals surface area contributed by atoms with E-state index in [-0.39, 0.29) is 31.6 Å². The maximum Gasteiger partial charge on any atom is 0.306 e. The molecule has 0 aliphatic carbocycles. The Bertz CT molecular complexity index is 1550. The number of hydrogen-bond acceptors (Lipinski definition) is 6. The molecule has 0 aliphatic heterocycles. The van der Waals surface area contributed by atoms with Crippen molar-refractivity contribution < 1.29 is 28.6 Å². The lowest BCUT2D eigenvalue weighted by molar-refractivity contribution is -0.166. The Labute approximate surface area is 456 Å². The molecular weight excluding hydrogens is 913 g/mol. The Morgan fingerprint density at radius 1 is 0.284 bits per heavy atom. The van der Waals surface area contributed by atoms with Crippen molar-refractivity contribution >= 4 is 17.9 Å². The normalized spacial score (nSPS) is 13.0. The van der Waals surface area contributed by atoms with Crippen molar-refractivity contribution in [1.29, 1.82) is 0 Å². The number of esters is 3. The van der Waals surface area contributed by atoms with Gasteiger partial charge in [-0.25, -0.2) is 0 Å². The molecule has 0 N–H and O–H groups in total. The molecule has 1 atom stereocenters. The minimum Gasteiger partial charge on any atom is -0.462 e. The molecule has 0 saturated heterocycles. The number of ether oxygens (including phenoxy) is 3. The van der Waals surface area contributed by atoms with E-state index in [0.29, 0.717) is 19.3 Å². The first-order chi connectivity index (χ1) is 36.5. The van der Waals surface area contributed by atoms with Gasteiger partial charge >= 0.3 is 17.9 Å². The molecule has 6 heteroatoms. The minimum atomic E-state index is -0.831. The topological polar surface area (TPSA) is 78.9 Å². The van der Waals surface area contributed by atoms with Crippen LogP contribution in [-0.2, 0) is 28.6 Å². The van der Waals surface area contributed by atoms with Crippen molar-refractivity contribution in [3.63, 3.8) is 0 Å². The summed E-state index contributed by atoms with van der Waals surface area (Å²) in [7, 11) is 0. The second-order valence-corrected chi connectivity index (χ2v) is 19.9. The molecule has 0 fully saturated rings. The number of hydrogen-bond donors (Lipinski definition) is 0. The number of allylic oxidation sites excluding steroid dienone is 20. The van der Waals surface area contributed by atoms with Crippen molar-refractivity contribution in [2.45, 2.75) is 277 Å². The van der Waals surface area contributed by atoms with Crippen molar-refractivity contribution in [2.24, 2.45) is 0 Å². The van der Waals surface area contributed by atoms with Gasteiger partial charge in [0.15, 0.2) is 6.10 Å². The van der Waals surface area contributed by atoms with Crippen LogP contribution in [0.1, 0.15) is 271 Å². The van der Waals surface area contributed by atoms with Crippen LogP contribution in [0.15, 0.2) is 122 Å². The maximum absolute atomic E-state index is 12.9. The van der Waals surface area contributed by atoms with E-state index in [0.717, 1.165) is 109 Å². The predicted molar refractivity (Wildman–Crippen MR) is 320 cm³/mol. The Balaban J connectivity index is 4.52. The van der Waals surface area contributed by atoms with Crippen molar-refractivity contribution in [2.75, 3.05) is 13.2 Å². The van der Waals surface area contributed by atoms with Crippen LogP contribution in [0, 0.1) is 0 Å². The van der Waals surface area contributed by atoms with Gasteiger partial charge in [-0.2, -0.15) is 0 Å². The lowest BCUT2D eigenvalue weighted by Gasteiger charge is -2.18. The molecule has 0 aromatic rings. The largest absolute Gasteiger partial charge is 0.462 e. The van der Waals surface area contributed by atoms with Crippen LogP contribution in [0.2, 0.25) is 0 Å². The summed E-state index contributed by atoms with van der Waals surface area (Å²) < 4.78 is 16.8. The highest BCUT2D eigenvalue weighted by atomic mass is 16.6. The van der Waals surface area contributed by atoms with E-state index in [1.807, 2.05) is 6.08 Å². The molecule has 0 saturated carbocycles. The van der Waals surface area contributed by atoms with Crippen LogP contribution in [0.3, 0.4) is 0 Å². The third kappa shape index (κ3) is 58.7. The molecule has 1 unspecified atom stereocenters. The number of rotatable bonds is 54. The first-order valence-corrected chi connectivity index (χ1v) is 30.5. The molecule has 0 bridgehead atoms. The fourth-order valence-corrected chi connectivity index (χ4v) is 8.12. The molecule has 74 heavy (non-hydrogen) atoms. The van der Waals surface area contributed by atoms with Crippen molar-refractivity contribution in [3.8, 4) is 0 Å². The third-order valence-electron chi connectivity index (χ3n) is 12.7. The van der Waals surface area contributed by atoms with Gasteiger partial charge in [-0.05, 0) is 122 Å². The molecule has 420 valence electrons. The summed E-state index contributed by atoms with van der Waals surface area (Å²) in [4.78, 5) is 38.2. The average molecular weight is 1030 g/mol. The molecule has 0 aromatic carbocycles. The summed E-state index contributed by atoms with van der Waals surface area (Å²) >= 11 is 0. The van der Waals surface area contributed by atoms with Crippen LogP contribution < -0.4 is 0 Å². The number of carbonyl (C=O) groups is 3. The summed E-state index contributed by atoms with van der Waals surface area (Å²) in [5, 5.41) is 0. The summed E-state index contributed by atoms with van der Waals surface area (Å²) in [5.74, 6) is -1.02. The highest BCUT2D eigenvalue weighted by Gasteiger charge is 2.19. The Kier molecular flexibility index (Phi) is 57.9. The smallest absolute Gasteiger partial charge is 0.306 e. The van der Waals surface area contributed by atoms with Crippen molar-refractivity contribution in [1.82, 2.24) is 0 Å². The lowest BCUT2D eigenvalue weighted by atomic mass is 10.1. The Morgan fingerprint density at radius 3 is 0.892 bits per heavy atom. The van der Waals surface area contributed by atoms with Gasteiger partial charge < -0.3 is 14.2 Å². The van der Waals surface area contributed by atoms with E-state index in [9.17, 15) is 14.4 Å². The first-order valence-electron chi connectivity index (χ1n) is 30.5. The molecular formula is C68H112O6. The van der Waals surface area contributed by atoms with Crippen LogP contribution in [0.25, 0.3) is 0 Å². The molecule has 0 spiro atoms. The van der Waals surface area contributed by atoms with Gasteiger partial charge in [-0.15, -0.1) is 0 Å². The van der Waals surface area contributed by atoms with Crippen molar-refractivity contribution in [3.05, 3.63) is 122 Å². The summed E-state index contributed by atoms with van der Waals surface area (Å²) in [6.07, 6.45) is 84.9. The number of unbranched alkanes of at least 4 members (excludes halogenated alkanes) is 23. The SMILES string of the molecule is CC/C=C\C/C=C\C/C=C\C/C=C\C/C=C\C/C=C\CCC(=O)OC(COC(=O)CCCCCCC/C=C\C/C=C\CCCCCC)COC(=O)CCCCCCCCCCC/C=C\C/C=C\CCCCCCC. The summed E-state index contributed by atoms with van der Waals surface area (Å²) in [5.41, 5.74) is 0. The zero-order valence-corrected chi connectivity index (χ0v) is 48.1. The molecule has 0 aromatic heterocycles. The highest BCUT2D eigenvalue weighted by Crippen LogP contribution is 2.14. The quantitative estimate of drug-likeness (QED) is 0.0261. The van der Waals surface area contributed by atoms with E-state index in [1.165, 1.54) is 116 Å². The maximum atomic E-state index is 12.9. The van der Waals surface area contributed by atoms with E-state index in [1.54, 1.807) is 0 Å². The minimum absolute atomic E-state index is 0.117. The molecule has 0 heterocycles. The summed E-state index contributed by atoms with van der Waals surface area (Å²) in [6.45, 7) is 6.43. The molecule has 0 aliphatic rings. The van der Waals surface area contributed by atoms with E-state index in [4.69, 9.17) is 14.2 Å². The molecule has 0 radical (unpaired) electrons. The average Bonchev–Trinajstić information content (AvgIpc) is 3.40. The van der Waals surface area contributed by atoms with Crippen LogP contribution >= 0.6 is 0 Å². The molecule has 0 rings (SSSR count). The monoisotopic (exact) mass is 1020 g/mol. The standard InChI is InChI=1S/C68H112O6/c1-4-7-10-13-16-19-22-25-28-31-33-34-36-37-40-43-46-49-52-55-58-61-67(70)73-64-65(63-72-66(69)60-57-54-51-48-45-42-39-30-27-24-21-18-15-12-9-6-3)74-68(71)62-59-56-53-50-47-44-41-38-35-32-29-26-23-20-17-14-11-8-5-2/h8,11,17,20-22,24-26,29-31,33,35,38-39,44,47,53,56,65H,4-7,9-10,12-16,18-19,23,27-28,32,34,36-37,40-43,45-46,48-52,54-55,57-64H2,1-3H3/b11-8-,20-17-,24-21-,25-22-,29-26-,33-31-,38-35-,39-30-,47-44-,56-53-. The highest BCUT2D eigenvalue weighted by molar-refractivity contribution is 5.71. The molecule has 6 nitrogen and oxygen atoms in total. The van der Waals surface area contributed by atoms with Gasteiger partial charge in [0.25, 0.3) is 0 Å². The van der Waals surface area contributed by atoms with Gasteiger partial charge in [-0.1, -0.05) is 251 Å². The van der Waals surface area contributed by atoms with Gasteiger partial charge in [-0.3, -0.25) is 14.4 Å². The van der Waals surface area contributed by atoms with E-state index >= 15 is 0 Å². The predicted octanol–water partition coefficient (Wildman–Crippen LogP) is 20.8. The Hall–Kier alpha value is -4.19. The van der Waals surface area contributed by atoms with E-state index < -0.39 is 12.1 Å². The zero-order chi connectivity index (χ0) is 53.6. The molecule has 0 amide bonds. The first kappa shape index (κ1) is 69.8. The van der Waals surface area contributed by atoms with Gasteiger partial charge in [0.1, 0.15) is 13.2 Å². The fraction of sp³-hybridized carbons (Fsp3) is 0.662. The summed E-state index contributed by atoms with van der Waals surface area (Å²) in [6, 6.07) is 0. The van der Waals surface area contributed by atoms with Gasteiger partial charge in [0, 0.05) is 19.3 Å². The van der Waals surface area contributed by atoms with E-state index in [2.05, 4.69) is 136 Å². The van der Waals surface area contributed by atoms with Gasteiger partial charge in [0.05, 0.1) is 0 Å². The second-order valence-electron chi connectivity index (χ2n) is 19.9. The zero-order valence-electron chi connectivity index (χ0n) is 48.1. The van der Waals surface area contributed by atoms with Crippen LogP contribution in [0.5, 0.6) is 0 Å².